The third kappa shape index (κ3) is 7.52. The van der Waals surface area contributed by atoms with Gasteiger partial charge in [0.25, 0.3) is 11.1 Å². The second-order valence-electron chi connectivity index (χ2n) is 7.84. The zero-order valence-electron chi connectivity index (χ0n) is 20.8. The fourth-order valence-corrected chi connectivity index (χ4v) is 4.65. The number of benzene rings is 2. The van der Waals surface area contributed by atoms with Crippen LogP contribution in [0.4, 0.5) is 5.13 Å². The van der Waals surface area contributed by atoms with Crippen molar-refractivity contribution < 1.29 is 27.4 Å². The summed E-state index contributed by atoms with van der Waals surface area (Å²) in [5, 5.41) is 11.5. The monoisotopic (exact) mass is 542 g/mol. The van der Waals surface area contributed by atoms with E-state index < -0.39 is 20.9 Å². The Bertz CT molecular complexity index is 1440. The summed E-state index contributed by atoms with van der Waals surface area (Å²) < 4.78 is 44.2. The Morgan fingerprint density at radius 1 is 1.11 bits per heavy atom. The summed E-state index contributed by atoms with van der Waals surface area (Å²) in [5.74, 6) is 1.03. The Labute approximate surface area is 219 Å². The molecule has 1 heterocycles. The average Bonchev–Trinajstić information content (AvgIpc) is 3.32. The minimum atomic E-state index is -3.61. The van der Waals surface area contributed by atoms with E-state index in [1.165, 1.54) is 6.08 Å². The molecule has 1 N–H and O–H groups in total. The molecule has 0 aliphatic heterocycles. The number of ether oxygens (including phenoxy) is 3. The Kier molecular flexibility index (Phi) is 9.21. The van der Waals surface area contributed by atoms with Gasteiger partial charge in [-0.25, -0.2) is 8.42 Å². The normalized spacial score (nSPS) is 11.5. The molecule has 37 heavy (non-hydrogen) atoms. The van der Waals surface area contributed by atoms with Crippen LogP contribution in [0.15, 0.2) is 47.1 Å². The van der Waals surface area contributed by atoms with E-state index >= 15 is 0 Å². The van der Waals surface area contributed by atoms with E-state index in [0.29, 0.717) is 41.8 Å². The zero-order chi connectivity index (χ0) is 27.0. The lowest BCUT2D eigenvalue weighted by atomic mass is 10.1. The van der Waals surface area contributed by atoms with E-state index in [2.05, 4.69) is 14.7 Å². The summed E-state index contributed by atoms with van der Waals surface area (Å²) in [6.07, 6.45) is 2.34. The predicted molar refractivity (Wildman–Crippen MR) is 140 cm³/mol. The molecule has 0 atom stereocenters. The van der Waals surface area contributed by atoms with Gasteiger partial charge in [-0.15, -0.1) is 0 Å². The largest absolute Gasteiger partial charge is 0.490 e. The number of aryl methyl sites for hydroxylation is 2. The molecule has 0 bridgehead atoms. The first-order chi connectivity index (χ1) is 17.6. The van der Waals surface area contributed by atoms with E-state index in [-0.39, 0.29) is 17.3 Å². The molecule has 0 saturated carbocycles. The van der Waals surface area contributed by atoms with Crippen LogP contribution < -0.4 is 19.5 Å². The topological polar surface area (TPSA) is 140 Å². The minimum absolute atomic E-state index is 0.0339. The standard InChI is InChI=1S/C25H26N4O6S2/c1-5-33-21-14-18(9-10-20(21)34-11-12-35-22-16(2)7-6-8-17(22)3)13-19(15-26)23(30)27-24-28-25(29-36-24)37(4,31)32/h6-10,13-14H,5,11-12H2,1-4H3,(H,27,28,29,30)/b19-13-. The van der Waals surface area contributed by atoms with Gasteiger partial charge in [-0.2, -0.15) is 14.6 Å². The fourth-order valence-electron chi connectivity index (χ4n) is 3.22. The minimum Gasteiger partial charge on any atom is -0.490 e. The van der Waals surface area contributed by atoms with Crippen molar-refractivity contribution in [2.75, 3.05) is 31.4 Å². The number of hydrogen-bond donors (Lipinski definition) is 1. The number of sulfone groups is 1. The molecule has 10 nitrogen and oxygen atoms in total. The molecule has 0 aliphatic carbocycles. The third-order valence-corrected chi connectivity index (χ3v) is 6.49. The Morgan fingerprint density at radius 3 is 2.43 bits per heavy atom. The second-order valence-corrected chi connectivity index (χ2v) is 10.5. The number of aromatic nitrogens is 2. The van der Waals surface area contributed by atoms with Crippen molar-refractivity contribution in [1.29, 1.82) is 5.26 Å². The number of nitrogens with one attached hydrogen (secondary N) is 1. The predicted octanol–water partition coefficient (Wildman–Crippen LogP) is 3.96. The van der Waals surface area contributed by atoms with Crippen LogP contribution >= 0.6 is 11.5 Å². The number of amides is 1. The number of rotatable bonds is 11. The van der Waals surface area contributed by atoms with Crippen molar-refractivity contribution in [3.63, 3.8) is 0 Å². The first-order valence-electron chi connectivity index (χ1n) is 11.2. The lowest BCUT2D eigenvalue weighted by Crippen LogP contribution is -2.13. The molecule has 1 amide bonds. The summed E-state index contributed by atoms with van der Waals surface area (Å²) in [7, 11) is -3.61. The number of carbonyl (C=O) groups excluding carboxylic acids is 1. The van der Waals surface area contributed by atoms with Crippen LogP contribution in [0.1, 0.15) is 23.6 Å². The van der Waals surface area contributed by atoms with Gasteiger partial charge in [0.1, 0.15) is 30.6 Å². The number of anilines is 1. The molecule has 12 heteroatoms. The molecule has 0 spiro atoms. The van der Waals surface area contributed by atoms with Gasteiger partial charge in [-0.05, 0) is 55.7 Å². The number of para-hydroxylation sites is 1. The molecule has 0 fully saturated rings. The van der Waals surface area contributed by atoms with Crippen molar-refractivity contribution in [2.45, 2.75) is 25.9 Å². The molecule has 2 aromatic carbocycles. The highest BCUT2D eigenvalue weighted by atomic mass is 32.2. The molecule has 0 saturated heterocycles. The zero-order valence-corrected chi connectivity index (χ0v) is 22.4. The second kappa shape index (κ2) is 12.3. The summed E-state index contributed by atoms with van der Waals surface area (Å²) in [6.45, 7) is 6.81. The van der Waals surface area contributed by atoms with E-state index in [1.807, 2.05) is 45.0 Å². The molecule has 3 aromatic rings. The van der Waals surface area contributed by atoms with Crippen LogP contribution in [0, 0.1) is 25.2 Å². The van der Waals surface area contributed by atoms with Crippen LogP contribution in [0.2, 0.25) is 0 Å². The van der Waals surface area contributed by atoms with Gasteiger partial charge in [0.15, 0.2) is 11.5 Å². The highest BCUT2D eigenvalue weighted by Gasteiger charge is 2.18. The number of carbonyl (C=O) groups is 1. The first-order valence-corrected chi connectivity index (χ1v) is 13.8. The number of nitrogens with zero attached hydrogens (tertiary/aromatic N) is 3. The van der Waals surface area contributed by atoms with Crippen molar-refractivity contribution >= 4 is 38.5 Å². The fraction of sp³-hybridized carbons (Fsp3) is 0.280. The third-order valence-electron chi connectivity index (χ3n) is 4.90. The molecule has 0 radical (unpaired) electrons. The lowest BCUT2D eigenvalue weighted by molar-refractivity contribution is -0.112. The van der Waals surface area contributed by atoms with Crippen molar-refractivity contribution in [3.8, 4) is 23.3 Å². The summed E-state index contributed by atoms with van der Waals surface area (Å²) in [6, 6.07) is 12.8. The van der Waals surface area contributed by atoms with Gasteiger partial charge < -0.3 is 14.2 Å². The van der Waals surface area contributed by atoms with Gasteiger partial charge >= 0.3 is 0 Å². The first kappa shape index (κ1) is 27.6. The van der Waals surface area contributed by atoms with Crippen LogP contribution in [0.3, 0.4) is 0 Å². The molecule has 0 aliphatic rings. The smallest absolute Gasteiger partial charge is 0.268 e. The van der Waals surface area contributed by atoms with Crippen molar-refractivity contribution in [2.24, 2.45) is 0 Å². The molecular formula is C25H26N4O6S2. The SMILES string of the molecule is CCOc1cc(/C=C(/C#N)C(=O)Nc2nc(S(C)(=O)=O)ns2)ccc1OCCOc1c(C)cccc1C. The van der Waals surface area contributed by atoms with Gasteiger partial charge in [-0.1, -0.05) is 24.3 Å². The maximum Gasteiger partial charge on any atom is 0.268 e. The highest BCUT2D eigenvalue weighted by molar-refractivity contribution is 7.90. The Hall–Kier alpha value is -3.95. The molecule has 194 valence electrons. The van der Waals surface area contributed by atoms with Gasteiger partial charge in [0, 0.05) is 17.8 Å². The van der Waals surface area contributed by atoms with Crippen molar-refractivity contribution in [1.82, 2.24) is 9.36 Å². The number of hydrogen-bond acceptors (Lipinski definition) is 10. The summed E-state index contributed by atoms with van der Waals surface area (Å²) in [5.41, 5.74) is 2.41. The van der Waals surface area contributed by atoms with Gasteiger partial charge in [-0.3, -0.25) is 10.1 Å². The van der Waals surface area contributed by atoms with Crippen molar-refractivity contribution in [3.05, 3.63) is 58.7 Å². The van der Waals surface area contributed by atoms with E-state index in [0.717, 1.165) is 23.1 Å². The average molecular weight is 543 g/mol. The Balaban J connectivity index is 1.69. The molecule has 1 aromatic heterocycles. The van der Waals surface area contributed by atoms with Crippen LogP contribution in [0.25, 0.3) is 6.08 Å². The number of nitriles is 1. The van der Waals surface area contributed by atoms with Gasteiger partial charge in [0.05, 0.1) is 6.61 Å². The van der Waals surface area contributed by atoms with Crippen LogP contribution in [-0.2, 0) is 14.6 Å². The van der Waals surface area contributed by atoms with E-state index in [4.69, 9.17) is 14.2 Å². The molecule has 0 unspecified atom stereocenters. The highest BCUT2D eigenvalue weighted by Crippen LogP contribution is 2.30. The molecular weight excluding hydrogens is 516 g/mol. The molecule has 3 rings (SSSR count). The quantitative estimate of drug-likeness (QED) is 0.216. The summed E-state index contributed by atoms with van der Waals surface area (Å²) in [4.78, 5) is 16.3. The summed E-state index contributed by atoms with van der Waals surface area (Å²) >= 11 is 0.704. The van der Waals surface area contributed by atoms with Crippen LogP contribution in [-0.4, -0.2) is 49.8 Å². The van der Waals surface area contributed by atoms with Crippen LogP contribution in [0.5, 0.6) is 17.2 Å². The maximum atomic E-state index is 12.5. The maximum absolute atomic E-state index is 12.5. The Morgan fingerprint density at radius 2 is 1.81 bits per heavy atom. The lowest BCUT2D eigenvalue weighted by Gasteiger charge is -2.15. The van der Waals surface area contributed by atoms with Gasteiger partial charge in [0.2, 0.25) is 15.0 Å². The van der Waals surface area contributed by atoms with E-state index in [9.17, 15) is 18.5 Å². The van der Waals surface area contributed by atoms with E-state index in [1.54, 1.807) is 18.2 Å².